The Morgan fingerprint density at radius 3 is 2.64 bits per heavy atom. The van der Waals surface area contributed by atoms with Crippen LogP contribution in [0.4, 0.5) is 4.39 Å². The highest BCUT2D eigenvalue weighted by atomic mass is 35.5. The molecule has 0 saturated carbocycles. The predicted octanol–water partition coefficient (Wildman–Crippen LogP) is 3.26. The lowest BCUT2D eigenvalue weighted by atomic mass is 10.1. The first-order valence-electron chi connectivity index (χ1n) is 3.24. The summed E-state index contributed by atoms with van der Waals surface area (Å²) < 4.78 is 12.9. The molecular weight excluding hydrogens is 186 g/mol. The summed E-state index contributed by atoms with van der Waals surface area (Å²) in [7, 11) is 0. The van der Waals surface area contributed by atoms with E-state index < -0.39 is 0 Å². The van der Waals surface area contributed by atoms with Crippen molar-refractivity contribution in [3.63, 3.8) is 0 Å². The molecule has 0 heterocycles. The molecule has 0 atom stereocenters. The Balaban J connectivity index is 3.00. The van der Waals surface area contributed by atoms with Crippen molar-refractivity contribution in [1.29, 1.82) is 0 Å². The third-order valence-corrected chi connectivity index (χ3v) is 1.95. The molecule has 1 rings (SSSR count). The zero-order valence-corrected chi connectivity index (χ0v) is 7.29. The SMILES string of the molecule is Fc1cccc(Cl)c1CCCl. The molecule has 0 aromatic heterocycles. The fourth-order valence-electron chi connectivity index (χ4n) is 0.866. The maximum absolute atomic E-state index is 12.9. The number of benzene rings is 1. The molecule has 0 radical (unpaired) electrons. The van der Waals surface area contributed by atoms with E-state index in [9.17, 15) is 4.39 Å². The van der Waals surface area contributed by atoms with Crippen LogP contribution in [0.15, 0.2) is 18.2 Å². The van der Waals surface area contributed by atoms with Crippen LogP contribution in [0.2, 0.25) is 5.02 Å². The first-order chi connectivity index (χ1) is 5.25. The van der Waals surface area contributed by atoms with E-state index in [-0.39, 0.29) is 5.82 Å². The molecule has 60 valence electrons. The van der Waals surface area contributed by atoms with Crippen LogP contribution in [-0.4, -0.2) is 5.88 Å². The first kappa shape index (κ1) is 8.82. The minimum Gasteiger partial charge on any atom is -0.207 e. The van der Waals surface area contributed by atoms with Crippen LogP contribution in [0.5, 0.6) is 0 Å². The van der Waals surface area contributed by atoms with Crippen LogP contribution in [0.3, 0.4) is 0 Å². The molecule has 0 amide bonds. The maximum atomic E-state index is 12.9. The Kier molecular flexibility index (Phi) is 3.16. The summed E-state index contributed by atoms with van der Waals surface area (Å²) >= 11 is 11.2. The Morgan fingerprint density at radius 1 is 1.36 bits per heavy atom. The number of hydrogen-bond acceptors (Lipinski definition) is 0. The van der Waals surface area contributed by atoms with Crippen LogP contribution in [0, 0.1) is 5.82 Å². The van der Waals surface area contributed by atoms with Gasteiger partial charge in [-0.25, -0.2) is 4.39 Å². The van der Waals surface area contributed by atoms with Gasteiger partial charge in [0.2, 0.25) is 0 Å². The highest BCUT2D eigenvalue weighted by Gasteiger charge is 2.04. The highest BCUT2D eigenvalue weighted by molar-refractivity contribution is 6.31. The molecule has 1 aromatic carbocycles. The quantitative estimate of drug-likeness (QED) is 0.632. The van der Waals surface area contributed by atoms with Crippen molar-refractivity contribution in [2.75, 3.05) is 5.88 Å². The molecule has 0 aliphatic rings. The minimum absolute atomic E-state index is 0.279. The van der Waals surface area contributed by atoms with E-state index in [1.54, 1.807) is 12.1 Å². The van der Waals surface area contributed by atoms with Gasteiger partial charge in [0.05, 0.1) is 0 Å². The molecule has 3 heteroatoms. The normalized spacial score (nSPS) is 10.1. The summed E-state index contributed by atoms with van der Waals surface area (Å²) in [4.78, 5) is 0. The topological polar surface area (TPSA) is 0 Å². The van der Waals surface area contributed by atoms with Crippen LogP contribution < -0.4 is 0 Å². The average molecular weight is 193 g/mol. The van der Waals surface area contributed by atoms with Gasteiger partial charge in [-0.3, -0.25) is 0 Å². The summed E-state index contributed by atoms with van der Waals surface area (Å²) in [6.45, 7) is 0. The number of rotatable bonds is 2. The third kappa shape index (κ3) is 2.08. The Hall–Kier alpha value is -0.270. The van der Waals surface area contributed by atoms with Crippen molar-refractivity contribution in [3.05, 3.63) is 34.6 Å². The molecule has 0 aliphatic heterocycles. The molecule has 0 N–H and O–H groups in total. The second kappa shape index (κ2) is 3.93. The lowest BCUT2D eigenvalue weighted by Gasteiger charge is -2.01. The van der Waals surface area contributed by atoms with Gasteiger partial charge in [-0.15, -0.1) is 11.6 Å². The monoisotopic (exact) mass is 192 g/mol. The van der Waals surface area contributed by atoms with E-state index in [4.69, 9.17) is 23.2 Å². The lowest BCUT2D eigenvalue weighted by molar-refractivity contribution is 0.612. The van der Waals surface area contributed by atoms with Gasteiger partial charge in [-0.05, 0) is 18.6 Å². The van der Waals surface area contributed by atoms with Crippen molar-refractivity contribution in [2.45, 2.75) is 6.42 Å². The summed E-state index contributed by atoms with van der Waals surface area (Å²) in [5.41, 5.74) is 0.504. The minimum atomic E-state index is -0.279. The van der Waals surface area contributed by atoms with Crippen molar-refractivity contribution in [3.8, 4) is 0 Å². The number of halogens is 3. The largest absolute Gasteiger partial charge is 0.207 e. The molecule has 11 heavy (non-hydrogen) atoms. The Labute approximate surface area is 74.9 Å². The molecular formula is C8H7Cl2F. The fourth-order valence-corrected chi connectivity index (χ4v) is 1.31. The molecule has 0 fully saturated rings. The van der Waals surface area contributed by atoms with E-state index in [1.807, 2.05) is 0 Å². The van der Waals surface area contributed by atoms with Crippen LogP contribution in [0.25, 0.3) is 0 Å². The van der Waals surface area contributed by atoms with Crippen LogP contribution >= 0.6 is 23.2 Å². The highest BCUT2D eigenvalue weighted by Crippen LogP contribution is 2.19. The summed E-state index contributed by atoms with van der Waals surface area (Å²) in [5, 5.41) is 0.450. The summed E-state index contributed by atoms with van der Waals surface area (Å²) in [6, 6.07) is 4.62. The van der Waals surface area contributed by atoms with Crippen molar-refractivity contribution < 1.29 is 4.39 Å². The number of alkyl halides is 1. The smallest absolute Gasteiger partial charge is 0.127 e. The van der Waals surface area contributed by atoms with Crippen molar-refractivity contribution in [2.24, 2.45) is 0 Å². The van der Waals surface area contributed by atoms with Gasteiger partial charge in [0.1, 0.15) is 5.82 Å². The zero-order chi connectivity index (χ0) is 8.27. The van der Waals surface area contributed by atoms with E-state index in [0.29, 0.717) is 22.9 Å². The molecule has 1 aromatic rings. The molecule has 0 spiro atoms. The molecule has 0 nitrogen and oxygen atoms in total. The number of hydrogen-bond donors (Lipinski definition) is 0. The second-order valence-electron chi connectivity index (χ2n) is 2.14. The summed E-state index contributed by atoms with van der Waals surface area (Å²) in [6.07, 6.45) is 0.479. The second-order valence-corrected chi connectivity index (χ2v) is 2.92. The molecule has 0 unspecified atom stereocenters. The van der Waals surface area contributed by atoms with E-state index in [1.165, 1.54) is 6.07 Å². The average Bonchev–Trinajstić information content (AvgIpc) is 1.97. The van der Waals surface area contributed by atoms with Crippen molar-refractivity contribution in [1.82, 2.24) is 0 Å². The Morgan fingerprint density at radius 2 is 2.09 bits per heavy atom. The van der Waals surface area contributed by atoms with Gasteiger partial charge in [0, 0.05) is 16.5 Å². The molecule has 0 bridgehead atoms. The van der Waals surface area contributed by atoms with Gasteiger partial charge in [0.25, 0.3) is 0 Å². The first-order valence-corrected chi connectivity index (χ1v) is 4.16. The van der Waals surface area contributed by atoms with Crippen molar-refractivity contribution >= 4 is 23.2 Å². The third-order valence-electron chi connectivity index (χ3n) is 1.41. The molecule has 0 aliphatic carbocycles. The summed E-state index contributed by atoms with van der Waals surface area (Å²) in [5.74, 6) is 0.110. The fraction of sp³-hybridized carbons (Fsp3) is 0.250. The standard InChI is InChI=1S/C8H7Cl2F/c9-5-4-6-7(10)2-1-3-8(6)11/h1-3H,4-5H2. The van der Waals surface area contributed by atoms with E-state index in [0.717, 1.165) is 0 Å². The van der Waals surface area contributed by atoms with Crippen LogP contribution in [0.1, 0.15) is 5.56 Å². The van der Waals surface area contributed by atoms with E-state index in [2.05, 4.69) is 0 Å². The van der Waals surface area contributed by atoms with E-state index >= 15 is 0 Å². The Bertz CT molecular complexity index is 228. The zero-order valence-electron chi connectivity index (χ0n) is 5.78. The molecule has 0 saturated heterocycles. The van der Waals surface area contributed by atoms with Crippen LogP contribution in [-0.2, 0) is 6.42 Å². The van der Waals surface area contributed by atoms with Gasteiger partial charge in [0.15, 0.2) is 0 Å². The predicted molar refractivity (Wildman–Crippen MR) is 45.8 cm³/mol. The van der Waals surface area contributed by atoms with Gasteiger partial charge >= 0.3 is 0 Å². The van der Waals surface area contributed by atoms with Gasteiger partial charge in [-0.1, -0.05) is 17.7 Å². The van der Waals surface area contributed by atoms with Gasteiger partial charge in [-0.2, -0.15) is 0 Å². The lowest BCUT2D eigenvalue weighted by Crippen LogP contribution is -1.92. The maximum Gasteiger partial charge on any atom is 0.127 e. The van der Waals surface area contributed by atoms with Gasteiger partial charge < -0.3 is 0 Å².